The number of benzene rings is 1. The summed E-state index contributed by atoms with van der Waals surface area (Å²) >= 11 is 5.90. The van der Waals surface area contributed by atoms with Gasteiger partial charge in [0.2, 0.25) is 0 Å². The fraction of sp³-hybridized carbons (Fsp3) is 0.357. The monoisotopic (exact) mass is 280 g/mol. The molecule has 1 N–H and O–H groups in total. The zero-order valence-electron chi connectivity index (χ0n) is 11.0. The molecule has 0 unspecified atom stereocenters. The summed E-state index contributed by atoms with van der Waals surface area (Å²) in [7, 11) is 1.84. The van der Waals surface area contributed by atoms with Crippen molar-refractivity contribution in [3.63, 3.8) is 0 Å². The second-order valence-corrected chi connectivity index (χ2v) is 4.73. The van der Waals surface area contributed by atoms with Gasteiger partial charge in [0.25, 0.3) is 0 Å². The third-order valence-corrected chi connectivity index (χ3v) is 3.40. The average molecular weight is 281 g/mol. The average Bonchev–Trinajstić information content (AvgIpc) is 2.76. The number of halogens is 1. The van der Waals surface area contributed by atoms with Crippen LogP contribution in [0, 0.1) is 0 Å². The molecular weight excluding hydrogens is 264 g/mol. The highest BCUT2D eigenvalue weighted by Gasteiger charge is 2.07. The molecule has 0 aliphatic carbocycles. The summed E-state index contributed by atoms with van der Waals surface area (Å²) in [5.41, 5.74) is 0.898. The number of aliphatic hydroxyl groups excluding tert-OH is 1. The Bertz CT molecular complexity index is 537. The lowest BCUT2D eigenvalue weighted by Crippen LogP contribution is -2.03. The van der Waals surface area contributed by atoms with E-state index in [4.69, 9.17) is 16.3 Å². The largest absolute Gasteiger partial charge is 0.486 e. The molecule has 19 heavy (non-hydrogen) atoms. The highest BCUT2D eigenvalue weighted by atomic mass is 35.5. The number of hydrogen-bond acceptors (Lipinski definition) is 3. The van der Waals surface area contributed by atoms with Crippen molar-refractivity contribution in [3.05, 3.63) is 47.0 Å². The maximum Gasteiger partial charge on any atom is 0.147 e. The predicted octanol–water partition coefficient (Wildman–Crippen LogP) is 3.10. The van der Waals surface area contributed by atoms with Gasteiger partial charge in [-0.15, -0.1) is 0 Å². The smallest absolute Gasteiger partial charge is 0.147 e. The van der Waals surface area contributed by atoms with E-state index in [1.54, 1.807) is 10.8 Å². The van der Waals surface area contributed by atoms with E-state index in [2.05, 4.69) is 4.98 Å². The summed E-state index contributed by atoms with van der Waals surface area (Å²) in [6.45, 7) is 2.30. The molecule has 0 aliphatic rings. The van der Waals surface area contributed by atoms with Crippen LogP contribution < -0.4 is 4.74 Å². The fourth-order valence-corrected chi connectivity index (χ4v) is 1.87. The van der Waals surface area contributed by atoms with Crippen LogP contribution in [-0.4, -0.2) is 14.7 Å². The van der Waals surface area contributed by atoms with E-state index in [1.807, 2.05) is 38.2 Å². The van der Waals surface area contributed by atoms with E-state index in [-0.39, 0.29) is 0 Å². The highest BCUT2D eigenvalue weighted by Crippen LogP contribution is 2.20. The Labute approximate surface area is 117 Å². The van der Waals surface area contributed by atoms with Crippen molar-refractivity contribution in [2.45, 2.75) is 26.1 Å². The zero-order valence-corrected chi connectivity index (χ0v) is 11.8. The second kappa shape index (κ2) is 6.08. The van der Waals surface area contributed by atoms with Gasteiger partial charge in [-0.05, 0) is 24.1 Å². The van der Waals surface area contributed by atoms with Crippen molar-refractivity contribution in [2.24, 2.45) is 7.05 Å². The molecule has 1 atom stereocenters. The molecule has 1 heterocycles. The van der Waals surface area contributed by atoms with Crippen LogP contribution in [0.3, 0.4) is 0 Å². The molecular formula is C14H17ClN2O2. The van der Waals surface area contributed by atoms with Crippen LogP contribution in [0.15, 0.2) is 30.5 Å². The SMILES string of the molecule is CC[C@@H](O)c1ccc(OCc2ncc(Cl)n2C)cc1. The summed E-state index contributed by atoms with van der Waals surface area (Å²) < 4.78 is 7.41. The van der Waals surface area contributed by atoms with Gasteiger partial charge >= 0.3 is 0 Å². The number of hydrogen-bond donors (Lipinski definition) is 1. The first-order valence-corrected chi connectivity index (χ1v) is 6.56. The quantitative estimate of drug-likeness (QED) is 0.915. The van der Waals surface area contributed by atoms with Gasteiger partial charge in [0.05, 0.1) is 12.3 Å². The van der Waals surface area contributed by atoms with Crippen LogP contribution in [0.25, 0.3) is 0 Å². The zero-order chi connectivity index (χ0) is 13.8. The van der Waals surface area contributed by atoms with Crippen molar-refractivity contribution in [2.75, 3.05) is 0 Å². The number of rotatable bonds is 5. The van der Waals surface area contributed by atoms with Crippen molar-refractivity contribution in [1.29, 1.82) is 0 Å². The summed E-state index contributed by atoms with van der Waals surface area (Å²) in [5.74, 6) is 1.51. The third kappa shape index (κ3) is 3.28. The predicted molar refractivity (Wildman–Crippen MR) is 74.2 cm³/mol. The molecule has 5 heteroatoms. The Hall–Kier alpha value is -1.52. The van der Waals surface area contributed by atoms with Crippen molar-refractivity contribution >= 4 is 11.6 Å². The summed E-state index contributed by atoms with van der Waals surface area (Å²) in [6.07, 6.45) is 1.88. The van der Waals surface area contributed by atoms with Crippen LogP contribution in [-0.2, 0) is 13.7 Å². The van der Waals surface area contributed by atoms with Gasteiger partial charge in [-0.1, -0.05) is 30.7 Å². The molecule has 0 saturated heterocycles. The molecule has 4 nitrogen and oxygen atoms in total. The Morgan fingerprint density at radius 2 is 2.05 bits per heavy atom. The summed E-state index contributed by atoms with van der Waals surface area (Å²) in [4.78, 5) is 4.16. The molecule has 0 aliphatic heterocycles. The molecule has 102 valence electrons. The maximum absolute atomic E-state index is 9.70. The van der Waals surface area contributed by atoms with Crippen molar-refractivity contribution < 1.29 is 9.84 Å². The Kier molecular flexibility index (Phi) is 4.45. The molecule has 0 bridgehead atoms. The summed E-state index contributed by atoms with van der Waals surface area (Å²) in [6, 6.07) is 7.43. The van der Waals surface area contributed by atoms with Crippen LogP contribution in [0.1, 0.15) is 30.8 Å². The van der Waals surface area contributed by atoms with Gasteiger partial charge in [-0.25, -0.2) is 4.98 Å². The van der Waals surface area contributed by atoms with Crippen molar-refractivity contribution in [3.8, 4) is 5.75 Å². The van der Waals surface area contributed by atoms with Crippen molar-refractivity contribution in [1.82, 2.24) is 9.55 Å². The minimum absolute atomic E-state index is 0.360. The van der Waals surface area contributed by atoms with Gasteiger partial charge in [0.1, 0.15) is 23.3 Å². The van der Waals surface area contributed by atoms with E-state index in [9.17, 15) is 5.11 Å². The van der Waals surface area contributed by atoms with Gasteiger partial charge in [0, 0.05) is 7.05 Å². The Balaban J connectivity index is 1.98. The van der Waals surface area contributed by atoms with E-state index >= 15 is 0 Å². The number of aromatic nitrogens is 2. The van der Waals surface area contributed by atoms with Crippen LogP contribution >= 0.6 is 11.6 Å². The second-order valence-electron chi connectivity index (χ2n) is 4.34. The standard InChI is InChI=1S/C14H17ClN2O2/c1-3-12(18)10-4-6-11(7-5-10)19-9-14-16-8-13(15)17(14)2/h4-8,12,18H,3,9H2,1-2H3/t12-/m1/s1. The van der Waals surface area contributed by atoms with Gasteiger partial charge in [-0.3, -0.25) is 0 Å². The Morgan fingerprint density at radius 1 is 1.37 bits per heavy atom. The topological polar surface area (TPSA) is 47.3 Å². The molecule has 0 saturated carbocycles. The first-order chi connectivity index (χ1) is 9.11. The van der Waals surface area contributed by atoms with Crippen LogP contribution in [0.5, 0.6) is 5.75 Å². The van der Waals surface area contributed by atoms with Gasteiger partial charge in [-0.2, -0.15) is 0 Å². The minimum Gasteiger partial charge on any atom is -0.486 e. The van der Waals surface area contributed by atoms with Crippen LogP contribution in [0.4, 0.5) is 0 Å². The lowest BCUT2D eigenvalue weighted by molar-refractivity contribution is 0.173. The highest BCUT2D eigenvalue weighted by molar-refractivity contribution is 6.29. The molecule has 2 aromatic rings. The van der Waals surface area contributed by atoms with Crippen LogP contribution in [0.2, 0.25) is 5.15 Å². The molecule has 2 rings (SSSR count). The number of nitrogens with zero attached hydrogens (tertiary/aromatic N) is 2. The molecule has 1 aromatic heterocycles. The lowest BCUT2D eigenvalue weighted by Gasteiger charge is -2.10. The molecule has 0 amide bonds. The first kappa shape index (κ1) is 13.9. The van der Waals surface area contributed by atoms with E-state index in [0.29, 0.717) is 18.2 Å². The fourth-order valence-electron chi connectivity index (χ4n) is 1.73. The van der Waals surface area contributed by atoms with E-state index in [0.717, 1.165) is 17.1 Å². The molecule has 1 aromatic carbocycles. The summed E-state index contributed by atoms with van der Waals surface area (Å²) in [5, 5.41) is 10.3. The maximum atomic E-state index is 9.70. The van der Waals surface area contributed by atoms with Gasteiger partial charge < -0.3 is 14.4 Å². The molecule has 0 radical (unpaired) electrons. The third-order valence-electron chi connectivity index (χ3n) is 3.05. The Morgan fingerprint density at radius 3 is 2.58 bits per heavy atom. The first-order valence-electron chi connectivity index (χ1n) is 6.18. The minimum atomic E-state index is -0.414. The molecule has 0 spiro atoms. The van der Waals surface area contributed by atoms with E-state index < -0.39 is 6.10 Å². The number of imidazole rings is 1. The number of ether oxygens (including phenoxy) is 1. The lowest BCUT2D eigenvalue weighted by atomic mass is 10.1. The molecule has 0 fully saturated rings. The van der Waals surface area contributed by atoms with E-state index in [1.165, 1.54) is 0 Å². The normalized spacial score (nSPS) is 12.4. The van der Waals surface area contributed by atoms with Gasteiger partial charge in [0.15, 0.2) is 0 Å². The number of aliphatic hydroxyl groups is 1.